The third-order valence-electron chi connectivity index (χ3n) is 2.71. The highest BCUT2D eigenvalue weighted by Crippen LogP contribution is 2.50. The molecule has 1 fully saturated rings. The molecule has 1 aromatic carbocycles. The molecule has 0 radical (unpaired) electrons. The lowest BCUT2D eigenvalue weighted by Crippen LogP contribution is -2.20. The fourth-order valence-corrected chi connectivity index (χ4v) is 2.06. The van der Waals surface area contributed by atoms with Gasteiger partial charge in [0.15, 0.2) is 0 Å². The first-order valence-electron chi connectivity index (χ1n) is 4.63. The second kappa shape index (κ2) is 3.37. The Kier molecular flexibility index (Phi) is 2.47. The van der Waals surface area contributed by atoms with Gasteiger partial charge in [0.2, 0.25) is 0 Å². The zero-order valence-corrected chi connectivity index (χ0v) is 9.69. The summed E-state index contributed by atoms with van der Waals surface area (Å²) in [5, 5.41) is 9.60. The number of hydrogen-bond donors (Lipinski definition) is 2. The lowest BCUT2D eigenvalue weighted by Gasteiger charge is -2.17. The van der Waals surface area contributed by atoms with E-state index in [2.05, 4.69) is 15.9 Å². The fourth-order valence-electron chi connectivity index (χ4n) is 1.60. The highest BCUT2D eigenvalue weighted by atomic mass is 79.9. The monoisotopic (exact) mass is 295 g/mol. The Bertz CT molecular complexity index is 414. The fraction of sp³-hybridized carbons (Fsp3) is 0.400. The molecular formula is C10H9BrF3NO. The molecule has 2 nitrogen and oxygen atoms in total. The molecule has 0 unspecified atom stereocenters. The first-order chi connectivity index (χ1) is 7.24. The molecule has 1 saturated carbocycles. The van der Waals surface area contributed by atoms with Gasteiger partial charge in [0.05, 0.1) is 5.56 Å². The summed E-state index contributed by atoms with van der Waals surface area (Å²) in [6, 6.07) is 2.29. The molecule has 6 heteroatoms. The van der Waals surface area contributed by atoms with Crippen molar-refractivity contribution < 1.29 is 18.3 Å². The van der Waals surface area contributed by atoms with Crippen LogP contribution in [0, 0.1) is 0 Å². The van der Waals surface area contributed by atoms with Crippen LogP contribution in [0.3, 0.4) is 0 Å². The summed E-state index contributed by atoms with van der Waals surface area (Å²) in [5.41, 5.74) is 4.12. The van der Waals surface area contributed by atoms with Crippen molar-refractivity contribution in [1.29, 1.82) is 0 Å². The topological polar surface area (TPSA) is 46.2 Å². The van der Waals surface area contributed by atoms with E-state index in [1.54, 1.807) is 0 Å². The van der Waals surface area contributed by atoms with Crippen molar-refractivity contribution in [2.24, 2.45) is 5.73 Å². The first-order valence-corrected chi connectivity index (χ1v) is 5.42. The van der Waals surface area contributed by atoms with Crippen LogP contribution in [0.1, 0.15) is 24.0 Å². The largest absolute Gasteiger partial charge is 0.507 e. The van der Waals surface area contributed by atoms with E-state index >= 15 is 0 Å². The SMILES string of the molecule is NC1(c2cc(Br)cc(C(F)(F)F)c2O)CC1. The predicted octanol–water partition coefficient (Wildman–Crippen LogP) is 3.12. The number of halogens is 4. The van der Waals surface area contributed by atoms with Crippen LogP contribution in [0.25, 0.3) is 0 Å². The minimum Gasteiger partial charge on any atom is -0.507 e. The van der Waals surface area contributed by atoms with Gasteiger partial charge >= 0.3 is 6.18 Å². The van der Waals surface area contributed by atoms with E-state index in [0.29, 0.717) is 12.8 Å². The van der Waals surface area contributed by atoms with Crippen molar-refractivity contribution in [3.05, 3.63) is 27.7 Å². The van der Waals surface area contributed by atoms with Gasteiger partial charge in [-0.3, -0.25) is 0 Å². The van der Waals surface area contributed by atoms with Crippen LogP contribution < -0.4 is 5.73 Å². The van der Waals surface area contributed by atoms with Crippen molar-refractivity contribution in [3.8, 4) is 5.75 Å². The molecule has 1 aromatic rings. The lowest BCUT2D eigenvalue weighted by molar-refractivity contribution is -0.138. The Morgan fingerprint density at radius 3 is 2.31 bits per heavy atom. The molecule has 1 aliphatic carbocycles. The number of benzene rings is 1. The van der Waals surface area contributed by atoms with Crippen LogP contribution in [0.2, 0.25) is 0 Å². The number of aromatic hydroxyl groups is 1. The molecule has 16 heavy (non-hydrogen) atoms. The van der Waals surface area contributed by atoms with Crippen LogP contribution in [0.15, 0.2) is 16.6 Å². The molecule has 0 atom stereocenters. The van der Waals surface area contributed by atoms with Crippen LogP contribution in [-0.2, 0) is 11.7 Å². The Labute approximate surface area is 98.4 Å². The number of hydrogen-bond acceptors (Lipinski definition) is 2. The van der Waals surface area contributed by atoms with Crippen molar-refractivity contribution >= 4 is 15.9 Å². The number of phenols is 1. The Hall–Kier alpha value is -0.750. The highest BCUT2D eigenvalue weighted by Gasteiger charge is 2.45. The number of phenolic OH excluding ortho intramolecular Hbond substituents is 1. The average molecular weight is 296 g/mol. The Balaban J connectivity index is 2.60. The smallest absolute Gasteiger partial charge is 0.420 e. The zero-order chi connectivity index (χ0) is 12.1. The van der Waals surface area contributed by atoms with E-state index in [9.17, 15) is 18.3 Å². The highest BCUT2D eigenvalue weighted by molar-refractivity contribution is 9.10. The van der Waals surface area contributed by atoms with Gasteiger partial charge in [-0.25, -0.2) is 0 Å². The standard InChI is InChI=1S/C10H9BrF3NO/c11-5-3-6(9(15)1-2-9)8(16)7(4-5)10(12,13)14/h3-4,16H,1-2,15H2. The van der Waals surface area contributed by atoms with E-state index < -0.39 is 23.0 Å². The molecule has 0 spiro atoms. The molecule has 0 bridgehead atoms. The normalized spacial score (nSPS) is 18.6. The van der Waals surface area contributed by atoms with Crippen molar-refractivity contribution in [2.75, 3.05) is 0 Å². The summed E-state index contributed by atoms with van der Waals surface area (Å²) >= 11 is 2.99. The summed E-state index contributed by atoms with van der Waals surface area (Å²) in [6.45, 7) is 0. The van der Waals surface area contributed by atoms with E-state index in [0.717, 1.165) is 6.07 Å². The maximum absolute atomic E-state index is 12.6. The van der Waals surface area contributed by atoms with E-state index in [4.69, 9.17) is 5.73 Å². The van der Waals surface area contributed by atoms with Crippen LogP contribution in [-0.4, -0.2) is 5.11 Å². The van der Waals surface area contributed by atoms with Gasteiger partial charge in [-0.1, -0.05) is 15.9 Å². The van der Waals surface area contributed by atoms with Gasteiger partial charge in [-0.05, 0) is 25.0 Å². The van der Waals surface area contributed by atoms with Crippen LogP contribution >= 0.6 is 15.9 Å². The minimum atomic E-state index is -4.58. The third kappa shape index (κ3) is 1.91. The molecule has 1 aliphatic rings. The molecule has 2 rings (SSSR count). The second-order valence-electron chi connectivity index (χ2n) is 4.00. The lowest BCUT2D eigenvalue weighted by atomic mass is 10.0. The Morgan fingerprint density at radius 2 is 1.88 bits per heavy atom. The van der Waals surface area contributed by atoms with Gasteiger partial charge in [-0.15, -0.1) is 0 Å². The third-order valence-corrected chi connectivity index (χ3v) is 3.16. The molecule has 0 aromatic heterocycles. The molecule has 3 N–H and O–H groups in total. The summed E-state index contributed by atoms with van der Waals surface area (Å²) in [4.78, 5) is 0. The maximum atomic E-state index is 12.6. The molecule has 0 saturated heterocycles. The second-order valence-corrected chi connectivity index (χ2v) is 4.92. The summed E-state index contributed by atoms with van der Waals surface area (Å²) in [5.74, 6) is -0.754. The quantitative estimate of drug-likeness (QED) is 0.836. The number of rotatable bonds is 1. The molecule has 88 valence electrons. The maximum Gasteiger partial charge on any atom is 0.420 e. The average Bonchev–Trinajstić information content (AvgIpc) is 2.86. The molecule has 0 heterocycles. The zero-order valence-electron chi connectivity index (χ0n) is 8.11. The van der Waals surface area contributed by atoms with E-state index in [1.165, 1.54) is 6.07 Å². The van der Waals surface area contributed by atoms with Crippen molar-refractivity contribution in [2.45, 2.75) is 24.6 Å². The van der Waals surface area contributed by atoms with Gasteiger partial charge in [-0.2, -0.15) is 13.2 Å². The Morgan fingerprint density at radius 1 is 1.31 bits per heavy atom. The summed E-state index contributed by atoms with van der Waals surface area (Å²) in [7, 11) is 0. The van der Waals surface area contributed by atoms with Crippen molar-refractivity contribution in [3.63, 3.8) is 0 Å². The van der Waals surface area contributed by atoms with Gasteiger partial charge in [0.1, 0.15) is 5.75 Å². The van der Waals surface area contributed by atoms with Crippen LogP contribution in [0.5, 0.6) is 5.75 Å². The minimum absolute atomic E-state index is 0.161. The molecule has 0 amide bonds. The van der Waals surface area contributed by atoms with E-state index in [1.807, 2.05) is 0 Å². The van der Waals surface area contributed by atoms with Gasteiger partial charge in [0, 0.05) is 15.6 Å². The molecular weight excluding hydrogens is 287 g/mol. The predicted molar refractivity (Wildman–Crippen MR) is 55.9 cm³/mol. The van der Waals surface area contributed by atoms with E-state index in [-0.39, 0.29) is 10.0 Å². The van der Waals surface area contributed by atoms with Crippen molar-refractivity contribution in [1.82, 2.24) is 0 Å². The summed E-state index contributed by atoms with van der Waals surface area (Å²) < 4.78 is 38.1. The number of nitrogens with two attached hydrogens (primary N) is 1. The van der Waals surface area contributed by atoms with Gasteiger partial charge in [0.25, 0.3) is 0 Å². The summed E-state index contributed by atoms with van der Waals surface area (Å²) in [6.07, 6.45) is -3.39. The number of alkyl halides is 3. The van der Waals surface area contributed by atoms with Gasteiger partial charge < -0.3 is 10.8 Å². The first kappa shape index (κ1) is 11.7. The molecule has 0 aliphatic heterocycles. The van der Waals surface area contributed by atoms with Crippen LogP contribution in [0.4, 0.5) is 13.2 Å².